The van der Waals surface area contributed by atoms with E-state index in [1.165, 1.54) is 6.07 Å². The van der Waals surface area contributed by atoms with E-state index >= 15 is 0 Å². The number of hydrogen-bond acceptors (Lipinski definition) is 3. The van der Waals surface area contributed by atoms with Crippen molar-refractivity contribution in [2.45, 2.75) is 6.92 Å². The Morgan fingerprint density at radius 2 is 2.25 bits per heavy atom. The highest BCUT2D eigenvalue weighted by molar-refractivity contribution is 5.84. The maximum atomic E-state index is 9.40. The van der Waals surface area contributed by atoms with Crippen molar-refractivity contribution in [3.8, 4) is 5.75 Å². The Morgan fingerprint density at radius 1 is 1.50 bits per heavy atom. The molecule has 0 fully saturated rings. The van der Waals surface area contributed by atoms with Crippen molar-refractivity contribution in [3.05, 3.63) is 18.0 Å². The average Bonchev–Trinajstić information content (AvgIpc) is 2.29. The van der Waals surface area contributed by atoms with Gasteiger partial charge in [0.25, 0.3) is 0 Å². The standard InChI is InChI=1S/C8H9N3O/c1-4-10-6-2-5(9)3-7(12)8(6)11-4/h2-3,12H,9H2,1H3,(H,10,11). The van der Waals surface area contributed by atoms with Gasteiger partial charge in [0.1, 0.15) is 17.1 Å². The number of phenols is 1. The first-order chi connectivity index (χ1) is 5.66. The summed E-state index contributed by atoms with van der Waals surface area (Å²) in [5.74, 6) is 0.889. The van der Waals surface area contributed by atoms with Crippen LogP contribution in [0.5, 0.6) is 5.75 Å². The number of nitrogen functional groups attached to an aromatic ring is 1. The monoisotopic (exact) mass is 163 g/mol. The van der Waals surface area contributed by atoms with Crippen LogP contribution in [0.3, 0.4) is 0 Å². The predicted octanol–water partition coefficient (Wildman–Crippen LogP) is 1.16. The molecule has 0 saturated carbocycles. The average molecular weight is 163 g/mol. The highest BCUT2D eigenvalue weighted by atomic mass is 16.3. The molecular formula is C8H9N3O. The van der Waals surface area contributed by atoms with E-state index in [0.717, 1.165) is 11.3 Å². The quantitative estimate of drug-likeness (QED) is 0.510. The molecule has 0 aliphatic heterocycles. The Hall–Kier alpha value is -1.71. The van der Waals surface area contributed by atoms with E-state index < -0.39 is 0 Å². The van der Waals surface area contributed by atoms with Crippen LogP contribution in [0.2, 0.25) is 0 Å². The number of phenolic OH excluding ortho intramolecular Hbond substituents is 1. The number of nitrogens with two attached hydrogens (primary N) is 1. The molecular weight excluding hydrogens is 154 g/mol. The number of hydrogen-bond donors (Lipinski definition) is 3. The number of imidazole rings is 1. The van der Waals surface area contributed by atoms with E-state index in [9.17, 15) is 5.11 Å². The summed E-state index contributed by atoms with van der Waals surface area (Å²) in [6.07, 6.45) is 0. The third kappa shape index (κ3) is 0.887. The molecule has 4 heteroatoms. The fourth-order valence-corrected chi connectivity index (χ4v) is 1.24. The molecule has 0 spiro atoms. The van der Waals surface area contributed by atoms with E-state index in [2.05, 4.69) is 9.97 Å². The van der Waals surface area contributed by atoms with Gasteiger partial charge in [-0.2, -0.15) is 0 Å². The Balaban J connectivity index is 2.88. The maximum absolute atomic E-state index is 9.40. The molecule has 0 atom stereocenters. The van der Waals surface area contributed by atoms with E-state index in [0.29, 0.717) is 11.2 Å². The zero-order valence-electron chi connectivity index (χ0n) is 6.63. The van der Waals surface area contributed by atoms with Gasteiger partial charge in [-0.25, -0.2) is 4.98 Å². The first kappa shape index (κ1) is 6.97. The number of benzene rings is 1. The van der Waals surface area contributed by atoms with E-state index in [1.54, 1.807) is 6.07 Å². The van der Waals surface area contributed by atoms with Gasteiger partial charge >= 0.3 is 0 Å². The summed E-state index contributed by atoms with van der Waals surface area (Å²) in [5.41, 5.74) is 7.40. The van der Waals surface area contributed by atoms with Crippen LogP contribution in [0.15, 0.2) is 12.1 Å². The van der Waals surface area contributed by atoms with Crippen LogP contribution in [0.1, 0.15) is 5.82 Å². The third-order valence-electron chi connectivity index (χ3n) is 1.71. The summed E-state index contributed by atoms with van der Waals surface area (Å²) >= 11 is 0. The molecule has 62 valence electrons. The van der Waals surface area contributed by atoms with Gasteiger partial charge in [-0.15, -0.1) is 0 Å². The van der Waals surface area contributed by atoms with Gasteiger partial charge in [-0.3, -0.25) is 0 Å². The third-order valence-corrected chi connectivity index (χ3v) is 1.71. The number of aromatic amines is 1. The summed E-state index contributed by atoms with van der Waals surface area (Å²) in [5, 5.41) is 9.40. The van der Waals surface area contributed by atoms with Gasteiger partial charge in [-0.1, -0.05) is 0 Å². The second-order valence-corrected chi connectivity index (χ2v) is 2.76. The van der Waals surface area contributed by atoms with Crippen molar-refractivity contribution >= 4 is 16.7 Å². The molecule has 0 aliphatic rings. The van der Waals surface area contributed by atoms with Crippen LogP contribution >= 0.6 is 0 Å². The first-order valence-corrected chi connectivity index (χ1v) is 3.61. The molecule has 0 aliphatic carbocycles. The number of fused-ring (bicyclic) bond motifs is 1. The molecule has 4 nitrogen and oxygen atoms in total. The molecule has 12 heavy (non-hydrogen) atoms. The summed E-state index contributed by atoms with van der Waals surface area (Å²) in [6, 6.07) is 3.23. The zero-order chi connectivity index (χ0) is 8.72. The van der Waals surface area contributed by atoms with Gasteiger partial charge in [-0.05, 0) is 13.0 Å². The smallest absolute Gasteiger partial charge is 0.145 e. The number of aromatic nitrogens is 2. The lowest BCUT2D eigenvalue weighted by atomic mass is 10.2. The summed E-state index contributed by atoms with van der Waals surface area (Å²) < 4.78 is 0. The summed E-state index contributed by atoms with van der Waals surface area (Å²) in [6.45, 7) is 1.83. The van der Waals surface area contributed by atoms with Gasteiger partial charge in [0.15, 0.2) is 0 Å². The molecule has 1 aromatic heterocycles. The highest BCUT2D eigenvalue weighted by Crippen LogP contribution is 2.25. The molecule has 2 rings (SSSR count). The molecule has 0 saturated heterocycles. The van der Waals surface area contributed by atoms with Gasteiger partial charge in [0, 0.05) is 11.8 Å². The fourth-order valence-electron chi connectivity index (χ4n) is 1.24. The molecule has 4 N–H and O–H groups in total. The molecule has 0 unspecified atom stereocenters. The minimum absolute atomic E-state index is 0.120. The van der Waals surface area contributed by atoms with Crippen LogP contribution in [-0.2, 0) is 0 Å². The van der Waals surface area contributed by atoms with Gasteiger partial charge in [0.2, 0.25) is 0 Å². The fraction of sp³-hybridized carbons (Fsp3) is 0.125. The van der Waals surface area contributed by atoms with Gasteiger partial charge < -0.3 is 15.8 Å². The maximum Gasteiger partial charge on any atom is 0.145 e. The molecule has 0 amide bonds. The normalized spacial score (nSPS) is 10.8. The largest absolute Gasteiger partial charge is 0.506 e. The lowest BCUT2D eigenvalue weighted by Gasteiger charge is -1.95. The molecule has 0 bridgehead atoms. The highest BCUT2D eigenvalue weighted by Gasteiger charge is 2.04. The minimum Gasteiger partial charge on any atom is -0.506 e. The van der Waals surface area contributed by atoms with E-state index in [-0.39, 0.29) is 5.75 Å². The van der Waals surface area contributed by atoms with Crippen molar-refractivity contribution < 1.29 is 5.11 Å². The molecule has 1 heterocycles. The van der Waals surface area contributed by atoms with Crippen molar-refractivity contribution in [1.29, 1.82) is 0 Å². The number of rotatable bonds is 0. The SMILES string of the molecule is Cc1nc2c(O)cc(N)cc2[nH]1. The van der Waals surface area contributed by atoms with Crippen molar-refractivity contribution in [2.75, 3.05) is 5.73 Å². The van der Waals surface area contributed by atoms with E-state index in [4.69, 9.17) is 5.73 Å². The van der Waals surface area contributed by atoms with Crippen LogP contribution in [0, 0.1) is 6.92 Å². The minimum atomic E-state index is 0.120. The number of aromatic hydroxyl groups is 1. The Kier molecular flexibility index (Phi) is 1.24. The Labute approximate surface area is 69.0 Å². The Bertz CT molecular complexity index is 433. The molecule has 1 aromatic carbocycles. The predicted molar refractivity (Wildman–Crippen MR) is 46.9 cm³/mol. The number of aryl methyl sites for hydroxylation is 1. The lowest BCUT2D eigenvalue weighted by molar-refractivity contribution is 0.481. The second-order valence-electron chi connectivity index (χ2n) is 2.76. The van der Waals surface area contributed by atoms with Crippen LogP contribution in [0.4, 0.5) is 5.69 Å². The second kappa shape index (κ2) is 2.14. The molecule has 2 aromatic rings. The Morgan fingerprint density at radius 3 is 3.00 bits per heavy atom. The number of anilines is 1. The molecule has 0 radical (unpaired) electrons. The van der Waals surface area contributed by atoms with Crippen molar-refractivity contribution in [1.82, 2.24) is 9.97 Å². The summed E-state index contributed by atoms with van der Waals surface area (Å²) in [4.78, 5) is 7.08. The number of nitrogens with zero attached hydrogens (tertiary/aromatic N) is 1. The van der Waals surface area contributed by atoms with Crippen LogP contribution in [0.25, 0.3) is 11.0 Å². The van der Waals surface area contributed by atoms with Gasteiger partial charge in [0.05, 0.1) is 5.52 Å². The van der Waals surface area contributed by atoms with E-state index in [1.807, 2.05) is 6.92 Å². The van der Waals surface area contributed by atoms with Crippen molar-refractivity contribution in [3.63, 3.8) is 0 Å². The zero-order valence-corrected chi connectivity index (χ0v) is 6.63. The topological polar surface area (TPSA) is 74.9 Å². The first-order valence-electron chi connectivity index (χ1n) is 3.61. The van der Waals surface area contributed by atoms with Crippen LogP contribution < -0.4 is 5.73 Å². The summed E-state index contributed by atoms with van der Waals surface area (Å²) in [7, 11) is 0. The number of nitrogens with one attached hydrogen (secondary N) is 1. The lowest BCUT2D eigenvalue weighted by Crippen LogP contribution is -1.83. The number of H-pyrrole nitrogens is 1. The van der Waals surface area contributed by atoms with Crippen molar-refractivity contribution in [2.24, 2.45) is 0 Å². The van der Waals surface area contributed by atoms with Crippen LogP contribution in [-0.4, -0.2) is 15.1 Å².